The van der Waals surface area contributed by atoms with Crippen molar-refractivity contribution in [3.05, 3.63) is 48.2 Å². The van der Waals surface area contributed by atoms with Crippen molar-refractivity contribution in [1.82, 2.24) is 9.46 Å². The maximum absolute atomic E-state index is 13.0. The van der Waals surface area contributed by atoms with Gasteiger partial charge in [-0.25, -0.2) is 8.42 Å². The zero-order valence-corrected chi connectivity index (χ0v) is 17.4. The van der Waals surface area contributed by atoms with E-state index in [1.807, 2.05) is 18.2 Å². The van der Waals surface area contributed by atoms with Crippen molar-refractivity contribution in [1.29, 1.82) is 0 Å². The smallest absolute Gasteiger partial charge is 0.243 e. The molecule has 1 amide bonds. The molecular formula is C21H23N3O5S. The second-order valence-electron chi connectivity index (χ2n) is 7.18. The molecule has 1 N–H and O–H groups in total. The fourth-order valence-electron chi connectivity index (χ4n) is 3.61. The number of para-hydroxylation sites is 1. The first-order valence-corrected chi connectivity index (χ1v) is 11.2. The lowest BCUT2D eigenvalue weighted by Gasteiger charge is -2.26. The number of amides is 1. The standard InChI is InChI=1S/C21H23N3O5S/c1-28-20-10-9-15(30(26,27)24-11-5-2-6-12-24)13-18(20)22-21(25)14-17-16-7-3-4-8-19(16)29-23-17/h3-4,7-10,13H,2,5-6,11-12,14H2,1H3,(H,22,25). The van der Waals surface area contributed by atoms with Gasteiger partial charge in [-0.15, -0.1) is 0 Å². The van der Waals surface area contributed by atoms with Crippen LogP contribution in [0.2, 0.25) is 0 Å². The Kier molecular flexibility index (Phi) is 5.74. The maximum Gasteiger partial charge on any atom is 0.243 e. The fraction of sp³-hybridized carbons (Fsp3) is 0.333. The number of nitrogens with one attached hydrogen (secondary N) is 1. The van der Waals surface area contributed by atoms with E-state index >= 15 is 0 Å². The predicted molar refractivity (Wildman–Crippen MR) is 112 cm³/mol. The van der Waals surface area contributed by atoms with Crippen LogP contribution in [0, 0.1) is 0 Å². The number of carbonyl (C=O) groups excluding carboxylic acids is 1. The molecule has 1 aliphatic rings. The molecule has 0 radical (unpaired) electrons. The Labute approximate surface area is 174 Å². The Hall–Kier alpha value is -2.91. The van der Waals surface area contributed by atoms with Crippen LogP contribution < -0.4 is 10.1 Å². The van der Waals surface area contributed by atoms with Crippen LogP contribution in [0.5, 0.6) is 5.75 Å². The zero-order chi connectivity index (χ0) is 21.1. The molecule has 8 nitrogen and oxygen atoms in total. The lowest BCUT2D eigenvalue weighted by Crippen LogP contribution is -2.35. The highest BCUT2D eigenvalue weighted by molar-refractivity contribution is 7.89. The first-order chi connectivity index (χ1) is 14.5. The molecule has 0 spiro atoms. The highest BCUT2D eigenvalue weighted by atomic mass is 32.2. The van der Waals surface area contributed by atoms with Gasteiger partial charge >= 0.3 is 0 Å². The molecule has 0 atom stereocenters. The van der Waals surface area contributed by atoms with E-state index in [9.17, 15) is 13.2 Å². The van der Waals surface area contributed by atoms with Gasteiger partial charge in [0.1, 0.15) is 11.4 Å². The Balaban J connectivity index is 1.57. The summed E-state index contributed by atoms with van der Waals surface area (Å²) in [5, 5.41) is 7.48. The number of methoxy groups -OCH3 is 1. The van der Waals surface area contributed by atoms with Crippen molar-refractivity contribution in [3.63, 3.8) is 0 Å². The van der Waals surface area contributed by atoms with Crippen LogP contribution in [0.25, 0.3) is 11.0 Å². The second kappa shape index (κ2) is 8.45. The zero-order valence-electron chi connectivity index (χ0n) is 16.6. The quantitative estimate of drug-likeness (QED) is 0.646. The fourth-order valence-corrected chi connectivity index (χ4v) is 5.16. The summed E-state index contributed by atoms with van der Waals surface area (Å²) in [6.07, 6.45) is 2.73. The van der Waals surface area contributed by atoms with Crippen molar-refractivity contribution in [2.45, 2.75) is 30.6 Å². The minimum Gasteiger partial charge on any atom is -0.495 e. The largest absolute Gasteiger partial charge is 0.495 e. The van der Waals surface area contributed by atoms with Gasteiger partial charge in [-0.2, -0.15) is 4.31 Å². The third-order valence-electron chi connectivity index (χ3n) is 5.18. The van der Waals surface area contributed by atoms with Crippen molar-refractivity contribution in [2.75, 3.05) is 25.5 Å². The van der Waals surface area contributed by atoms with E-state index in [1.54, 1.807) is 12.1 Å². The van der Waals surface area contributed by atoms with Crippen LogP contribution in [0.1, 0.15) is 25.0 Å². The minimum atomic E-state index is -3.62. The number of benzene rings is 2. The first-order valence-electron chi connectivity index (χ1n) is 9.80. The Morgan fingerprint density at radius 2 is 1.93 bits per heavy atom. The number of nitrogens with zero attached hydrogens (tertiary/aromatic N) is 2. The number of sulfonamides is 1. The minimum absolute atomic E-state index is 0.0106. The average molecular weight is 429 g/mol. The van der Waals surface area contributed by atoms with Crippen molar-refractivity contribution >= 4 is 32.6 Å². The molecule has 0 unspecified atom stereocenters. The van der Waals surface area contributed by atoms with Gasteiger partial charge < -0.3 is 14.6 Å². The SMILES string of the molecule is COc1ccc(S(=O)(=O)N2CCCCC2)cc1NC(=O)Cc1noc2ccccc12. The molecule has 158 valence electrons. The molecule has 1 aromatic heterocycles. The summed E-state index contributed by atoms with van der Waals surface area (Å²) in [6.45, 7) is 1.02. The molecule has 0 aliphatic carbocycles. The molecule has 30 heavy (non-hydrogen) atoms. The molecule has 1 aliphatic heterocycles. The van der Waals surface area contributed by atoms with Gasteiger partial charge in [-0.1, -0.05) is 23.7 Å². The summed E-state index contributed by atoms with van der Waals surface area (Å²) in [5.74, 6) is 0.0332. The van der Waals surface area contributed by atoms with Crippen LogP contribution in [0.3, 0.4) is 0 Å². The molecule has 2 aromatic carbocycles. The molecule has 0 saturated carbocycles. The molecule has 9 heteroatoms. The summed E-state index contributed by atoms with van der Waals surface area (Å²) in [4.78, 5) is 12.8. The Morgan fingerprint density at radius 1 is 1.17 bits per heavy atom. The molecule has 1 saturated heterocycles. The molecule has 3 aromatic rings. The molecular weight excluding hydrogens is 406 g/mol. The number of carbonyl (C=O) groups is 1. The normalized spacial score (nSPS) is 15.2. The van der Waals surface area contributed by atoms with E-state index in [0.717, 1.165) is 24.6 Å². The van der Waals surface area contributed by atoms with Gasteiger partial charge in [0.05, 0.1) is 24.1 Å². The number of rotatable bonds is 6. The monoisotopic (exact) mass is 429 g/mol. The summed E-state index contributed by atoms with van der Waals surface area (Å²) in [5.41, 5.74) is 1.42. The van der Waals surface area contributed by atoms with Crippen LogP contribution in [-0.2, 0) is 21.2 Å². The summed E-state index contributed by atoms with van der Waals surface area (Å²) in [6, 6.07) is 11.8. The number of hydrogen-bond acceptors (Lipinski definition) is 6. The van der Waals surface area contributed by atoms with E-state index in [1.165, 1.54) is 23.5 Å². The predicted octanol–water partition coefficient (Wildman–Crippen LogP) is 3.19. The van der Waals surface area contributed by atoms with E-state index < -0.39 is 10.0 Å². The highest BCUT2D eigenvalue weighted by Gasteiger charge is 2.27. The number of ether oxygens (including phenoxy) is 1. The van der Waals surface area contributed by atoms with Crippen molar-refractivity contribution in [2.24, 2.45) is 0 Å². The van der Waals surface area contributed by atoms with Gasteiger partial charge in [0, 0.05) is 18.5 Å². The molecule has 1 fully saturated rings. The summed E-state index contributed by atoms with van der Waals surface area (Å²) < 4.78 is 38.0. The van der Waals surface area contributed by atoms with Gasteiger partial charge in [0.15, 0.2) is 5.58 Å². The average Bonchev–Trinajstić information content (AvgIpc) is 3.17. The third-order valence-corrected chi connectivity index (χ3v) is 7.07. The topological polar surface area (TPSA) is 102 Å². The van der Waals surface area contributed by atoms with Gasteiger partial charge in [0.2, 0.25) is 15.9 Å². The first kappa shape index (κ1) is 20.4. The molecule has 4 rings (SSSR count). The number of anilines is 1. The second-order valence-corrected chi connectivity index (χ2v) is 9.12. The van der Waals surface area contributed by atoms with Gasteiger partial charge in [-0.05, 0) is 43.2 Å². The van der Waals surface area contributed by atoms with Gasteiger partial charge in [0.25, 0.3) is 0 Å². The van der Waals surface area contributed by atoms with E-state index in [4.69, 9.17) is 9.26 Å². The van der Waals surface area contributed by atoms with Crippen LogP contribution in [0.15, 0.2) is 51.9 Å². The Bertz CT molecular complexity index is 1170. The number of aromatic nitrogens is 1. The van der Waals surface area contributed by atoms with Crippen LogP contribution >= 0.6 is 0 Å². The Morgan fingerprint density at radius 3 is 2.70 bits per heavy atom. The third kappa shape index (κ3) is 4.03. The van der Waals surface area contributed by atoms with Crippen molar-refractivity contribution in [3.8, 4) is 5.75 Å². The molecule has 0 bridgehead atoms. The van der Waals surface area contributed by atoms with Crippen molar-refractivity contribution < 1.29 is 22.5 Å². The summed E-state index contributed by atoms with van der Waals surface area (Å²) in [7, 11) is -2.16. The maximum atomic E-state index is 13.0. The van der Waals surface area contributed by atoms with E-state index in [0.29, 0.717) is 35.8 Å². The van der Waals surface area contributed by atoms with E-state index in [-0.39, 0.29) is 17.2 Å². The van der Waals surface area contributed by atoms with Crippen LogP contribution in [-0.4, -0.2) is 44.0 Å². The molecule has 2 heterocycles. The summed E-state index contributed by atoms with van der Waals surface area (Å²) >= 11 is 0. The lowest BCUT2D eigenvalue weighted by atomic mass is 10.1. The highest BCUT2D eigenvalue weighted by Crippen LogP contribution is 2.30. The number of hydrogen-bond donors (Lipinski definition) is 1. The number of fused-ring (bicyclic) bond motifs is 1. The van der Waals surface area contributed by atoms with Gasteiger partial charge in [-0.3, -0.25) is 4.79 Å². The van der Waals surface area contributed by atoms with Crippen LogP contribution in [0.4, 0.5) is 5.69 Å². The van der Waals surface area contributed by atoms with E-state index in [2.05, 4.69) is 10.5 Å². The lowest BCUT2D eigenvalue weighted by molar-refractivity contribution is -0.115. The number of piperidine rings is 1.